The van der Waals surface area contributed by atoms with Gasteiger partial charge in [0.1, 0.15) is 0 Å². The van der Waals surface area contributed by atoms with Gasteiger partial charge in [0.25, 0.3) is 0 Å². The van der Waals surface area contributed by atoms with Crippen molar-refractivity contribution in [2.45, 2.75) is 39.2 Å². The van der Waals surface area contributed by atoms with Gasteiger partial charge < -0.3 is 20.4 Å². The first-order chi connectivity index (χ1) is 9.82. The van der Waals surface area contributed by atoms with Crippen LogP contribution in [0.1, 0.15) is 33.1 Å². The van der Waals surface area contributed by atoms with Gasteiger partial charge in [-0.05, 0) is 12.8 Å². The minimum Gasteiger partial charge on any atom is -0.479 e. The lowest BCUT2D eigenvalue weighted by Gasteiger charge is -2.33. The molecule has 7 nitrogen and oxygen atoms in total. The summed E-state index contributed by atoms with van der Waals surface area (Å²) in [7, 11) is 0. The first-order valence-corrected chi connectivity index (χ1v) is 7.30. The normalized spacial score (nSPS) is 20.2. The Morgan fingerprint density at radius 1 is 1.33 bits per heavy atom. The summed E-state index contributed by atoms with van der Waals surface area (Å²) in [6, 6.07) is 0. The minimum absolute atomic E-state index is 0.0254. The van der Waals surface area contributed by atoms with E-state index in [0.717, 1.165) is 12.8 Å². The first-order valence-electron chi connectivity index (χ1n) is 7.30. The molecule has 0 aromatic heterocycles. The van der Waals surface area contributed by atoms with Crippen LogP contribution in [0.3, 0.4) is 0 Å². The quantitative estimate of drug-likeness (QED) is 0.631. The summed E-state index contributed by atoms with van der Waals surface area (Å²) in [5.41, 5.74) is 0. The largest absolute Gasteiger partial charge is 0.479 e. The van der Waals surface area contributed by atoms with E-state index in [-0.39, 0.29) is 36.6 Å². The van der Waals surface area contributed by atoms with Crippen LogP contribution in [0.4, 0.5) is 0 Å². The van der Waals surface area contributed by atoms with E-state index in [0.29, 0.717) is 13.1 Å². The van der Waals surface area contributed by atoms with Crippen LogP contribution in [0.25, 0.3) is 0 Å². The molecule has 0 aliphatic carbocycles. The molecule has 0 spiro atoms. The lowest BCUT2D eigenvalue weighted by atomic mass is 9.96. The third-order valence-electron chi connectivity index (χ3n) is 3.60. The lowest BCUT2D eigenvalue weighted by Crippen LogP contribution is -2.47. The maximum atomic E-state index is 12.0. The van der Waals surface area contributed by atoms with Crippen molar-refractivity contribution < 1.29 is 24.6 Å². The number of likely N-dealkylation sites (tertiary alicyclic amines) is 1. The Morgan fingerprint density at radius 3 is 2.57 bits per heavy atom. The number of hydrogen-bond donors (Lipinski definition) is 3. The van der Waals surface area contributed by atoms with Crippen LogP contribution < -0.4 is 5.32 Å². The summed E-state index contributed by atoms with van der Waals surface area (Å²) in [6.45, 7) is 4.86. The number of aliphatic hydroxyl groups excluding tert-OH is 1. The molecule has 1 saturated heterocycles. The molecule has 1 aliphatic heterocycles. The minimum atomic E-state index is -1.46. The molecule has 2 amide bonds. The zero-order valence-corrected chi connectivity index (χ0v) is 12.5. The number of carbonyl (C=O) groups excluding carboxylic acids is 2. The van der Waals surface area contributed by atoms with Crippen molar-refractivity contribution in [3.8, 4) is 0 Å². The molecule has 7 heteroatoms. The zero-order chi connectivity index (χ0) is 16.0. The third-order valence-corrected chi connectivity index (χ3v) is 3.60. The molecule has 0 aromatic carbocycles. The van der Waals surface area contributed by atoms with Crippen molar-refractivity contribution >= 4 is 17.8 Å². The number of aliphatic carboxylic acids is 1. The number of nitrogens with one attached hydrogen (secondary N) is 1. The van der Waals surface area contributed by atoms with Gasteiger partial charge in [0, 0.05) is 32.0 Å². The van der Waals surface area contributed by atoms with Crippen molar-refractivity contribution in [3.05, 3.63) is 0 Å². The fourth-order valence-electron chi connectivity index (χ4n) is 2.36. The van der Waals surface area contributed by atoms with Gasteiger partial charge in [-0.1, -0.05) is 13.8 Å². The molecule has 3 N–H and O–H groups in total. The highest BCUT2D eigenvalue weighted by atomic mass is 16.4. The highest BCUT2D eigenvalue weighted by Crippen LogP contribution is 2.18. The summed E-state index contributed by atoms with van der Waals surface area (Å²) in [4.78, 5) is 36.1. The van der Waals surface area contributed by atoms with Gasteiger partial charge >= 0.3 is 5.97 Å². The predicted molar refractivity (Wildman–Crippen MR) is 75.4 cm³/mol. The Kier molecular flexibility index (Phi) is 6.61. The van der Waals surface area contributed by atoms with Gasteiger partial charge in [-0.2, -0.15) is 0 Å². The second-order valence-corrected chi connectivity index (χ2v) is 5.71. The summed E-state index contributed by atoms with van der Waals surface area (Å²) in [5, 5.41) is 20.3. The molecule has 1 fully saturated rings. The summed E-state index contributed by atoms with van der Waals surface area (Å²) < 4.78 is 0. The van der Waals surface area contributed by atoms with Gasteiger partial charge in [-0.25, -0.2) is 4.79 Å². The average molecular weight is 300 g/mol. The highest BCUT2D eigenvalue weighted by molar-refractivity contribution is 5.82. The Balaban J connectivity index is 2.40. The Morgan fingerprint density at radius 2 is 2.00 bits per heavy atom. The molecule has 1 heterocycles. The average Bonchev–Trinajstić information content (AvgIpc) is 2.46. The first kappa shape index (κ1) is 17.4. The lowest BCUT2D eigenvalue weighted by molar-refractivity contribution is -0.147. The van der Waals surface area contributed by atoms with Gasteiger partial charge in [-0.3, -0.25) is 9.59 Å². The van der Waals surface area contributed by atoms with E-state index < -0.39 is 12.1 Å². The Hall–Kier alpha value is -1.63. The highest BCUT2D eigenvalue weighted by Gasteiger charge is 2.29. The summed E-state index contributed by atoms with van der Waals surface area (Å²) in [5.74, 6) is -1.78. The van der Waals surface area contributed by atoms with Crippen LogP contribution in [0.2, 0.25) is 0 Å². The smallest absolute Gasteiger partial charge is 0.332 e. The maximum absolute atomic E-state index is 12.0. The molecular weight excluding hydrogens is 276 g/mol. The fraction of sp³-hybridized carbons (Fsp3) is 0.786. The molecule has 0 radical (unpaired) electrons. The maximum Gasteiger partial charge on any atom is 0.332 e. The topological polar surface area (TPSA) is 107 Å². The number of hydrogen-bond acceptors (Lipinski definition) is 4. The number of piperidine rings is 1. The van der Waals surface area contributed by atoms with E-state index in [1.54, 1.807) is 4.90 Å². The molecule has 0 bridgehead atoms. The molecule has 0 aromatic rings. The standard InChI is InChI=1S/C14H24N2O5/c1-9(2)13(19)16-7-3-4-10(8-16)12(18)15-6-5-11(17)14(20)21/h9-11,17H,3-8H2,1-2H3,(H,15,18)(H,20,21)/t10?,11-/m0/s1. The second-order valence-electron chi connectivity index (χ2n) is 5.71. The Bertz CT molecular complexity index is 397. The molecular formula is C14H24N2O5. The van der Waals surface area contributed by atoms with E-state index in [1.165, 1.54) is 0 Å². The van der Waals surface area contributed by atoms with E-state index in [9.17, 15) is 14.4 Å². The molecule has 120 valence electrons. The van der Waals surface area contributed by atoms with Gasteiger partial charge in [0.2, 0.25) is 11.8 Å². The van der Waals surface area contributed by atoms with Crippen LogP contribution in [0.5, 0.6) is 0 Å². The number of nitrogens with zero attached hydrogens (tertiary/aromatic N) is 1. The molecule has 1 rings (SSSR count). The van der Waals surface area contributed by atoms with Crippen LogP contribution in [-0.2, 0) is 14.4 Å². The van der Waals surface area contributed by atoms with Crippen molar-refractivity contribution in [1.82, 2.24) is 10.2 Å². The third kappa shape index (κ3) is 5.34. The van der Waals surface area contributed by atoms with Crippen molar-refractivity contribution in [1.29, 1.82) is 0 Å². The predicted octanol–water partition coefficient (Wildman–Crippen LogP) is -0.167. The van der Waals surface area contributed by atoms with Crippen molar-refractivity contribution in [2.24, 2.45) is 11.8 Å². The van der Waals surface area contributed by atoms with E-state index in [4.69, 9.17) is 10.2 Å². The monoisotopic (exact) mass is 300 g/mol. The molecule has 0 saturated carbocycles. The molecule has 1 unspecified atom stereocenters. The Labute approximate surface area is 124 Å². The number of carboxylic acids is 1. The fourth-order valence-corrected chi connectivity index (χ4v) is 2.36. The molecule has 2 atom stereocenters. The van der Waals surface area contributed by atoms with E-state index in [2.05, 4.69) is 5.32 Å². The summed E-state index contributed by atoms with van der Waals surface area (Å²) in [6.07, 6.45) is 0.0158. The van der Waals surface area contributed by atoms with Crippen LogP contribution in [0, 0.1) is 11.8 Å². The van der Waals surface area contributed by atoms with Crippen LogP contribution >= 0.6 is 0 Å². The number of carboxylic acid groups (broad SMARTS) is 1. The van der Waals surface area contributed by atoms with Crippen LogP contribution in [0.15, 0.2) is 0 Å². The number of aliphatic hydroxyl groups is 1. The van der Waals surface area contributed by atoms with Gasteiger partial charge in [0.05, 0.1) is 5.92 Å². The van der Waals surface area contributed by atoms with Crippen LogP contribution in [-0.4, -0.2) is 58.6 Å². The van der Waals surface area contributed by atoms with E-state index >= 15 is 0 Å². The van der Waals surface area contributed by atoms with Gasteiger partial charge in [-0.15, -0.1) is 0 Å². The number of carbonyl (C=O) groups is 3. The van der Waals surface area contributed by atoms with E-state index in [1.807, 2.05) is 13.8 Å². The number of rotatable bonds is 6. The zero-order valence-electron chi connectivity index (χ0n) is 12.5. The summed E-state index contributed by atoms with van der Waals surface area (Å²) >= 11 is 0. The molecule has 1 aliphatic rings. The molecule has 21 heavy (non-hydrogen) atoms. The van der Waals surface area contributed by atoms with Gasteiger partial charge in [0.15, 0.2) is 6.10 Å². The van der Waals surface area contributed by atoms with Crippen molar-refractivity contribution in [2.75, 3.05) is 19.6 Å². The SMILES string of the molecule is CC(C)C(=O)N1CCCC(C(=O)NCC[C@H](O)C(=O)O)C1. The number of amides is 2. The van der Waals surface area contributed by atoms with Crippen molar-refractivity contribution in [3.63, 3.8) is 0 Å². The second kappa shape index (κ2) is 7.97.